The smallest absolute Gasteiger partial charge is 0.164 e. The third-order valence-electron chi connectivity index (χ3n) is 7.40. The molecule has 186 valence electrons. The van der Waals surface area contributed by atoms with Crippen molar-refractivity contribution in [2.24, 2.45) is 0 Å². The van der Waals surface area contributed by atoms with Gasteiger partial charge in [-0.15, -0.1) is 0 Å². The molecule has 0 radical (unpaired) electrons. The third-order valence-corrected chi connectivity index (χ3v) is 7.65. The standard InChI is InChI=1S/C34H32ClNO/c1-23-10-14-26(15-11-23)32(27-16-12-24(2)13-17-27)33-31(37)22-30(25-18-20-28(35)21-19-25)36(34(33,3)4)29-8-6-5-7-9-29/h5-21,30H,22H2,1-4H3. The summed E-state index contributed by atoms with van der Waals surface area (Å²) in [4.78, 5) is 16.7. The molecule has 0 bridgehead atoms. The molecule has 1 fully saturated rings. The number of nitrogens with zero attached hydrogens (tertiary/aromatic N) is 1. The molecule has 1 unspecified atom stereocenters. The number of rotatable bonds is 4. The molecule has 1 heterocycles. The molecular weight excluding hydrogens is 474 g/mol. The van der Waals surface area contributed by atoms with Gasteiger partial charge in [0.2, 0.25) is 0 Å². The molecule has 1 atom stereocenters. The Morgan fingerprint density at radius 3 is 1.78 bits per heavy atom. The zero-order chi connectivity index (χ0) is 26.2. The third kappa shape index (κ3) is 4.86. The van der Waals surface area contributed by atoms with Crippen molar-refractivity contribution in [2.45, 2.75) is 45.7 Å². The van der Waals surface area contributed by atoms with E-state index in [1.54, 1.807) is 0 Å². The topological polar surface area (TPSA) is 20.3 Å². The number of ketones is 1. The molecule has 4 aromatic rings. The van der Waals surface area contributed by atoms with Gasteiger partial charge in [-0.3, -0.25) is 4.79 Å². The molecule has 1 aliphatic rings. The van der Waals surface area contributed by atoms with Crippen molar-refractivity contribution in [3.05, 3.63) is 142 Å². The first-order valence-corrected chi connectivity index (χ1v) is 13.2. The van der Waals surface area contributed by atoms with Gasteiger partial charge in [0.15, 0.2) is 5.78 Å². The van der Waals surface area contributed by atoms with E-state index in [1.807, 2.05) is 30.3 Å². The number of carbonyl (C=O) groups is 1. The van der Waals surface area contributed by atoms with Crippen LogP contribution in [0.3, 0.4) is 0 Å². The summed E-state index contributed by atoms with van der Waals surface area (Å²) in [6.07, 6.45) is 0.385. The zero-order valence-corrected chi connectivity index (χ0v) is 22.6. The summed E-state index contributed by atoms with van der Waals surface area (Å²) >= 11 is 6.22. The molecule has 0 aliphatic carbocycles. The number of aryl methyl sites for hydroxylation is 2. The quantitative estimate of drug-likeness (QED) is 0.258. The van der Waals surface area contributed by atoms with Crippen LogP contribution in [0.4, 0.5) is 5.69 Å². The number of para-hydroxylation sites is 1. The summed E-state index contributed by atoms with van der Waals surface area (Å²) in [5, 5.41) is 0.693. The maximum atomic E-state index is 14.2. The van der Waals surface area contributed by atoms with Crippen molar-refractivity contribution in [1.29, 1.82) is 0 Å². The molecule has 37 heavy (non-hydrogen) atoms. The number of hydrogen-bond donors (Lipinski definition) is 0. The fraction of sp³-hybridized carbons (Fsp3) is 0.206. The van der Waals surface area contributed by atoms with Crippen LogP contribution in [0.25, 0.3) is 5.57 Å². The van der Waals surface area contributed by atoms with Gasteiger partial charge in [-0.25, -0.2) is 0 Å². The second-order valence-corrected chi connectivity index (χ2v) is 10.9. The maximum absolute atomic E-state index is 14.2. The minimum Gasteiger partial charge on any atom is -0.355 e. The first-order chi connectivity index (χ1) is 17.8. The van der Waals surface area contributed by atoms with Crippen LogP contribution in [0.1, 0.15) is 54.1 Å². The normalized spacial score (nSPS) is 17.1. The lowest BCUT2D eigenvalue weighted by atomic mass is 9.73. The number of anilines is 1. The number of halogens is 1. The molecule has 2 nitrogen and oxygen atoms in total. The number of carbonyl (C=O) groups excluding carboxylic acids is 1. The Labute approximate surface area is 225 Å². The minimum absolute atomic E-state index is 0.108. The van der Waals surface area contributed by atoms with Gasteiger partial charge in [0.1, 0.15) is 0 Å². The summed E-state index contributed by atoms with van der Waals surface area (Å²) in [7, 11) is 0. The molecule has 0 N–H and O–H groups in total. The van der Waals surface area contributed by atoms with E-state index in [0.717, 1.165) is 33.5 Å². The van der Waals surface area contributed by atoms with E-state index in [9.17, 15) is 4.79 Å². The fourth-order valence-corrected chi connectivity index (χ4v) is 5.73. The summed E-state index contributed by atoms with van der Waals surface area (Å²) < 4.78 is 0. The number of benzene rings is 4. The van der Waals surface area contributed by atoms with Crippen LogP contribution in [0.2, 0.25) is 5.02 Å². The molecule has 3 heteroatoms. The summed E-state index contributed by atoms with van der Waals surface area (Å²) in [6, 6.07) is 35.3. The summed E-state index contributed by atoms with van der Waals surface area (Å²) in [6.45, 7) is 8.54. The monoisotopic (exact) mass is 505 g/mol. The van der Waals surface area contributed by atoms with Gasteiger partial charge < -0.3 is 4.90 Å². The number of piperidine rings is 1. The highest BCUT2D eigenvalue weighted by atomic mass is 35.5. The molecule has 1 saturated heterocycles. The zero-order valence-electron chi connectivity index (χ0n) is 21.8. The van der Waals surface area contributed by atoms with E-state index in [-0.39, 0.29) is 11.8 Å². The van der Waals surface area contributed by atoms with Crippen LogP contribution in [-0.2, 0) is 4.79 Å². The first kappa shape index (κ1) is 25.0. The lowest BCUT2D eigenvalue weighted by Crippen LogP contribution is -2.54. The van der Waals surface area contributed by atoms with Crippen LogP contribution in [0, 0.1) is 13.8 Å². The van der Waals surface area contributed by atoms with Crippen LogP contribution in [0.5, 0.6) is 0 Å². The Hall–Kier alpha value is -3.62. The number of Topliss-reactive ketones (excluding diaryl/α,β-unsaturated/α-hetero) is 1. The second kappa shape index (κ2) is 10.0. The van der Waals surface area contributed by atoms with Crippen molar-refractivity contribution in [3.63, 3.8) is 0 Å². The van der Waals surface area contributed by atoms with E-state index in [1.165, 1.54) is 11.1 Å². The summed E-state index contributed by atoms with van der Waals surface area (Å²) in [5.74, 6) is 0.174. The Balaban J connectivity index is 1.78. The van der Waals surface area contributed by atoms with Crippen LogP contribution >= 0.6 is 11.6 Å². The van der Waals surface area contributed by atoms with Crippen molar-refractivity contribution >= 4 is 28.6 Å². The highest BCUT2D eigenvalue weighted by Crippen LogP contribution is 2.48. The molecule has 0 amide bonds. The van der Waals surface area contributed by atoms with Gasteiger partial charge in [-0.1, -0.05) is 102 Å². The van der Waals surface area contributed by atoms with Crippen molar-refractivity contribution in [2.75, 3.05) is 4.90 Å². The largest absolute Gasteiger partial charge is 0.355 e. The average molecular weight is 506 g/mol. The molecular formula is C34H32ClNO. The van der Waals surface area contributed by atoms with Crippen molar-refractivity contribution < 1.29 is 4.79 Å². The van der Waals surface area contributed by atoms with Gasteiger partial charge in [-0.2, -0.15) is 0 Å². The summed E-state index contributed by atoms with van der Waals surface area (Å²) in [5.41, 5.74) is 7.93. The molecule has 0 aromatic heterocycles. The number of hydrogen-bond acceptors (Lipinski definition) is 2. The van der Waals surface area contributed by atoms with Gasteiger partial charge in [0.25, 0.3) is 0 Å². The predicted octanol–water partition coefficient (Wildman–Crippen LogP) is 8.76. The van der Waals surface area contributed by atoms with Gasteiger partial charge in [0.05, 0.1) is 11.6 Å². The highest BCUT2D eigenvalue weighted by molar-refractivity contribution is 6.30. The Morgan fingerprint density at radius 1 is 0.757 bits per heavy atom. The Kier molecular flexibility index (Phi) is 6.79. The van der Waals surface area contributed by atoms with Crippen LogP contribution in [0.15, 0.2) is 109 Å². The SMILES string of the molecule is Cc1ccc(C(=C2C(=O)CC(c3ccc(Cl)cc3)N(c3ccccc3)C2(C)C)c2ccc(C)cc2)cc1. The van der Waals surface area contributed by atoms with Crippen molar-refractivity contribution in [1.82, 2.24) is 0 Å². The van der Waals surface area contributed by atoms with E-state index < -0.39 is 5.54 Å². The van der Waals surface area contributed by atoms with Gasteiger partial charge in [0, 0.05) is 22.7 Å². The lowest BCUT2D eigenvalue weighted by molar-refractivity contribution is -0.117. The highest BCUT2D eigenvalue weighted by Gasteiger charge is 2.46. The Morgan fingerprint density at radius 2 is 1.27 bits per heavy atom. The lowest BCUT2D eigenvalue weighted by Gasteiger charge is -2.51. The van der Waals surface area contributed by atoms with Crippen molar-refractivity contribution in [3.8, 4) is 0 Å². The maximum Gasteiger partial charge on any atom is 0.164 e. The Bertz CT molecular complexity index is 1390. The first-order valence-electron chi connectivity index (χ1n) is 12.8. The fourth-order valence-electron chi connectivity index (χ4n) is 5.60. The second-order valence-electron chi connectivity index (χ2n) is 10.4. The van der Waals surface area contributed by atoms with E-state index in [2.05, 4.69) is 105 Å². The van der Waals surface area contributed by atoms with Crippen LogP contribution < -0.4 is 4.90 Å². The molecule has 5 rings (SSSR count). The minimum atomic E-state index is -0.591. The van der Waals surface area contributed by atoms with Gasteiger partial charge >= 0.3 is 0 Å². The van der Waals surface area contributed by atoms with Gasteiger partial charge in [-0.05, 0) is 74.2 Å². The van der Waals surface area contributed by atoms with E-state index in [4.69, 9.17) is 11.6 Å². The van der Waals surface area contributed by atoms with Crippen LogP contribution in [-0.4, -0.2) is 11.3 Å². The predicted molar refractivity (Wildman–Crippen MR) is 155 cm³/mol. The molecule has 1 aliphatic heterocycles. The molecule has 0 saturated carbocycles. The molecule has 0 spiro atoms. The molecule has 4 aromatic carbocycles. The average Bonchev–Trinajstić information content (AvgIpc) is 2.88. The van der Waals surface area contributed by atoms with E-state index in [0.29, 0.717) is 11.4 Å². The van der Waals surface area contributed by atoms with E-state index >= 15 is 0 Å².